The summed E-state index contributed by atoms with van der Waals surface area (Å²) in [6, 6.07) is 17.6. The van der Waals surface area contributed by atoms with E-state index in [0.29, 0.717) is 22.6 Å². The fourth-order valence-electron chi connectivity index (χ4n) is 4.86. The number of halogens is 1. The molecule has 4 aromatic rings. The fraction of sp³-hybridized carbons (Fsp3) is 0.250. The molecule has 0 spiro atoms. The number of rotatable bonds is 2. The van der Waals surface area contributed by atoms with Crippen LogP contribution in [0.25, 0.3) is 11.0 Å². The van der Waals surface area contributed by atoms with Crippen LogP contribution in [-0.2, 0) is 35.3 Å². The molecule has 8 heteroatoms. The minimum absolute atomic E-state index is 0.0569. The van der Waals surface area contributed by atoms with Gasteiger partial charge in [-0.2, -0.15) is 0 Å². The van der Waals surface area contributed by atoms with Crippen LogP contribution in [0.15, 0.2) is 65.5 Å². The Morgan fingerprint density at radius 3 is 2.56 bits per heavy atom. The summed E-state index contributed by atoms with van der Waals surface area (Å²) in [6.07, 6.45) is 2.92. The molecule has 3 heterocycles. The molecule has 0 radical (unpaired) electrons. The van der Waals surface area contributed by atoms with Crippen molar-refractivity contribution in [1.29, 1.82) is 0 Å². The molecule has 1 atom stereocenters. The summed E-state index contributed by atoms with van der Waals surface area (Å²) in [6.45, 7) is 0. The van der Waals surface area contributed by atoms with Gasteiger partial charge in [-0.15, -0.1) is 0 Å². The predicted molar refractivity (Wildman–Crippen MR) is 142 cm³/mol. The van der Waals surface area contributed by atoms with E-state index in [1.165, 1.54) is 16.5 Å². The van der Waals surface area contributed by atoms with Crippen molar-refractivity contribution in [3.05, 3.63) is 98.4 Å². The number of benzene rings is 2. The SMILES string of the molecule is CN(C(=O)C1Cc2cccc(c2)CCCc2[nH]c3ccc(=O)[nH]c3c2CC(=O)N1)c1ccc(Cl)cc1. The van der Waals surface area contributed by atoms with Crippen LogP contribution < -0.4 is 15.8 Å². The standard InChI is InChI=1S/C28H27ClN4O3/c1-33(20-10-8-19(29)9-11-20)28(36)24-15-18-6-2-4-17(14-18)5-3-7-22-21(16-26(35)31-24)27-23(30-22)12-13-25(34)32-27/h2,4,6,8-14,24,30H,3,5,7,15-16H2,1H3,(H,31,35)(H,32,34). The Morgan fingerprint density at radius 1 is 0.972 bits per heavy atom. The number of hydrogen-bond acceptors (Lipinski definition) is 3. The second-order valence-electron chi connectivity index (χ2n) is 9.24. The maximum atomic E-state index is 13.6. The smallest absolute Gasteiger partial charge is 0.249 e. The van der Waals surface area contributed by atoms with Gasteiger partial charge in [0.2, 0.25) is 17.4 Å². The molecule has 5 rings (SSSR count). The van der Waals surface area contributed by atoms with Gasteiger partial charge in [-0.25, -0.2) is 0 Å². The third kappa shape index (κ3) is 5.06. The van der Waals surface area contributed by atoms with Crippen LogP contribution >= 0.6 is 11.6 Å². The van der Waals surface area contributed by atoms with Crippen molar-refractivity contribution in [2.45, 2.75) is 38.1 Å². The number of aromatic nitrogens is 2. The zero-order chi connectivity index (χ0) is 25.2. The molecule has 2 bridgehead atoms. The molecule has 2 amide bonds. The van der Waals surface area contributed by atoms with Gasteiger partial charge in [-0.3, -0.25) is 14.4 Å². The number of hydrogen-bond donors (Lipinski definition) is 3. The quantitative estimate of drug-likeness (QED) is 0.387. The molecule has 3 N–H and O–H groups in total. The molecule has 7 nitrogen and oxygen atoms in total. The van der Waals surface area contributed by atoms with Crippen molar-refractivity contribution in [2.24, 2.45) is 0 Å². The number of carbonyl (C=O) groups excluding carboxylic acids is 2. The molecule has 0 fully saturated rings. The highest BCUT2D eigenvalue weighted by atomic mass is 35.5. The lowest BCUT2D eigenvalue weighted by molar-refractivity contribution is -0.127. The summed E-state index contributed by atoms with van der Waals surface area (Å²) in [4.78, 5) is 46.7. The molecule has 1 aliphatic rings. The fourth-order valence-corrected chi connectivity index (χ4v) is 4.99. The zero-order valence-corrected chi connectivity index (χ0v) is 20.7. The summed E-state index contributed by atoms with van der Waals surface area (Å²) < 4.78 is 0. The second kappa shape index (κ2) is 10.0. The number of H-pyrrole nitrogens is 2. The summed E-state index contributed by atoms with van der Waals surface area (Å²) >= 11 is 6.01. The first kappa shape index (κ1) is 23.9. The Morgan fingerprint density at radius 2 is 1.75 bits per heavy atom. The minimum atomic E-state index is -0.762. The van der Waals surface area contributed by atoms with E-state index in [2.05, 4.69) is 27.4 Å². The number of aryl methyl sites for hydroxylation is 2. The molecule has 2 aromatic carbocycles. The maximum absolute atomic E-state index is 13.6. The van der Waals surface area contributed by atoms with Crippen molar-refractivity contribution in [3.63, 3.8) is 0 Å². The number of carbonyl (C=O) groups is 2. The number of nitrogens with zero attached hydrogens (tertiary/aromatic N) is 1. The van der Waals surface area contributed by atoms with Crippen molar-refractivity contribution < 1.29 is 9.59 Å². The van der Waals surface area contributed by atoms with Gasteiger partial charge >= 0.3 is 0 Å². The summed E-state index contributed by atoms with van der Waals surface area (Å²) in [5, 5.41) is 3.56. The summed E-state index contributed by atoms with van der Waals surface area (Å²) in [5.74, 6) is -0.501. The number of aromatic amines is 2. The Labute approximate surface area is 213 Å². The van der Waals surface area contributed by atoms with E-state index in [1.54, 1.807) is 37.4 Å². The summed E-state index contributed by atoms with van der Waals surface area (Å²) in [5.41, 5.74) is 5.76. The Bertz CT molecular complexity index is 1490. The molecule has 1 aliphatic heterocycles. The van der Waals surface area contributed by atoms with Crippen molar-refractivity contribution in [2.75, 3.05) is 11.9 Å². The summed E-state index contributed by atoms with van der Waals surface area (Å²) in [7, 11) is 1.69. The van der Waals surface area contributed by atoms with Gasteiger partial charge < -0.3 is 20.2 Å². The van der Waals surface area contributed by atoms with Crippen LogP contribution in [0.2, 0.25) is 5.02 Å². The van der Waals surface area contributed by atoms with Gasteiger partial charge in [0.1, 0.15) is 6.04 Å². The first-order valence-electron chi connectivity index (χ1n) is 12.0. The topological polar surface area (TPSA) is 98.1 Å². The van der Waals surface area contributed by atoms with Crippen LogP contribution in [0, 0.1) is 0 Å². The van der Waals surface area contributed by atoms with E-state index >= 15 is 0 Å². The van der Waals surface area contributed by atoms with E-state index < -0.39 is 6.04 Å². The predicted octanol–water partition coefficient (Wildman–Crippen LogP) is 3.93. The monoisotopic (exact) mass is 502 g/mol. The number of pyridine rings is 1. The molecular formula is C28H27ClN4O3. The third-order valence-corrected chi connectivity index (χ3v) is 6.96. The van der Waals surface area contributed by atoms with E-state index in [4.69, 9.17) is 11.6 Å². The minimum Gasteiger partial charge on any atom is -0.357 e. The molecular weight excluding hydrogens is 476 g/mol. The van der Waals surface area contributed by atoms with Crippen LogP contribution in [0.1, 0.15) is 28.8 Å². The molecule has 184 valence electrons. The van der Waals surface area contributed by atoms with E-state index in [0.717, 1.165) is 41.6 Å². The molecule has 0 saturated heterocycles. The molecule has 0 saturated carbocycles. The van der Waals surface area contributed by atoms with Crippen molar-refractivity contribution in [1.82, 2.24) is 15.3 Å². The van der Waals surface area contributed by atoms with Crippen LogP contribution in [0.5, 0.6) is 0 Å². The average molecular weight is 503 g/mol. The van der Waals surface area contributed by atoms with Gasteiger partial charge in [0, 0.05) is 41.5 Å². The van der Waals surface area contributed by atoms with Gasteiger partial charge in [0.05, 0.1) is 17.5 Å². The second-order valence-corrected chi connectivity index (χ2v) is 9.68. The van der Waals surface area contributed by atoms with Gasteiger partial charge in [0.15, 0.2) is 0 Å². The number of anilines is 1. The van der Waals surface area contributed by atoms with Crippen LogP contribution in [0.3, 0.4) is 0 Å². The van der Waals surface area contributed by atoms with Gasteiger partial charge in [0.25, 0.3) is 0 Å². The highest BCUT2D eigenvalue weighted by Crippen LogP contribution is 2.24. The number of nitrogens with one attached hydrogen (secondary N) is 3. The highest BCUT2D eigenvalue weighted by Gasteiger charge is 2.27. The van der Waals surface area contributed by atoms with Gasteiger partial charge in [-0.05, 0) is 60.7 Å². The van der Waals surface area contributed by atoms with Crippen LogP contribution in [-0.4, -0.2) is 34.9 Å². The molecule has 0 aliphatic carbocycles. The normalized spacial score (nSPS) is 16.3. The van der Waals surface area contributed by atoms with E-state index in [9.17, 15) is 14.4 Å². The molecule has 2 aromatic heterocycles. The Kier molecular flexibility index (Phi) is 6.65. The van der Waals surface area contributed by atoms with Crippen molar-refractivity contribution >= 4 is 40.1 Å². The first-order valence-corrected chi connectivity index (χ1v) is 12.4. The Balaban J connectivity index is 1.51. The largest absolute Gasteiger partial charge is 0.357 e. The lowest BCUT2D eigenvalue weighted by atomic mass is 9.99. The maximum Gasteiger partial charge on any atom is 0.249 e. The first-order chi connectivity index (χ1) is 17.4. The molecule has 36 heavy (non-hydrogen) atoms. The van der Waals surface area contributed by atoms with E-state index in [-0.39, 0.29) is 23.8 Å². The number of fused-ring (bicyclic) bond motifs is 5. The van der Waals surface area contributed by atoms with Crippen molar-refractivity contribution in [3.8, 4) is 0 Å². The van der Waals surface area contributed by atoms with E-state index in [1.807, 2.05) is 12.1 Å². The number of likely N-dealkylation sites (N-methyl/N-ethyl adjacent to an activating group) is 1. The molecule has 1 unspecified atom stereocenters. The number of amides is 2. The zero-order valence-electron chi connectivity index (χ0n) is 19.9. The lowest BCUT2D eigenvalue weighted by Crippen LogP contribution is -2.49. The van der Waals surface area contributed by atoms with Crippen LogP contribution in [0.4, 0.5) is 5.69 Å². The third-order valence-electron chi connectivity index (χ3n) is 6.71. The average Bonchev–Trinajstić information content (AvgIpc) is 3.19. The lowest BCUT2D eigenvalue weighted by Gasteiger charge is -2.25. The Hall–Kier alpha value is -3.84. The van der Waals surface area contributed by atoms with Gasteiger partial charge in [-0.1, -0.05) is 35.9 Å². The highest BCUT2D eigenvalue weighted by molar-refractivity contribution is 6.30.